The van der Waals surface area contributed by atoms with Crippen LogP contribution in [-0.4, -0.2) is 49.7 Å². The number of ether oxygens (including phenoxy) is 3. The summed E-state index contributed by atoms with van der Waals surface area (Å²) in [4.78, 5) is 33.7. The second-order valence-corrected chi connectivity index (χ2v) is 7.08. The fourth-order valence-corrected chi connectivity index (χ4v) is 3.01. The number of nitrogens with zero attached hydrogens (tertiary/aromatic N) is 1. The summed E-state index contributed by atoms with van der Waals surface area (Å²) in [7, 11) is 0. The lowest BCUT2D eigenvalue weighted by Gasteiger charge is -2.18. The molecule has 0 aliphatic carbocycles. The highest BCUT2D eigenvalue weighted by Gasteiger charge is 2.33. The number of hydrogen-bond donors (Lipinski definition) is 2. The van der Waals surface area contributed by atoms with E-state index in [2.05, 4.69) is 10.6 Å². The van der Waals surface area contributed by atoms with Gasteiger partial charge in [-0.2, -0.15) is 13.2 Å². The number of nitro benzene ring substituents is 1. The zero-order valence-corrected chi connectivity index (χ0v) is 17.6. The van der Waals surface area contributed by atoms with E-state index < -0.39 is 47.4 Å². The number of carbonyl (C=O) groups is 2. The Hall–Kier alpha value is -4.03. The van der Waals surface area contributed by atoms with Gasteiger partial charge in [-0.05, 0) is 36.2 Å². The van der Waals surface area contributed by atoms with Crippen molar-refractivity contribution in [2.75, 3.05) is 38.2 Å². The van der Waals surface area contributed by atoms with Gasteiger partial charge in [0.2, 0.25) is 0 Å². The largest absolute Gasteiger partial charge is 0.486 e. The first-order valence-corrected chi connectivity index (χ1v) is 10.0. The molecular weight excluding hydrogens is 463 g/mol. The van der Waals surface area contributed by atoms with Crippen LogP contribution in [0.1, 0.15) is 11.1 Å². The second kappa shape index (κ2) is 10.7. The van der Waals surface area contributed by atoms with Crippen molar-refractivity contribution in [3.05, 3.63) is 57.6 Å². The van der Waals surface area contributed by atoms with E-state index in [0.717, 1.165) is 11.6 Å². The summed E-state index contributed by atoms with van der Waals surface area (Å²) in [6, 6.07) is 7.29. The molecular formula is C21H20F3N3O7. The molecule has 0 unspecified atom stereocenters. The maximum Gasteiger partial charge on any atom is 0.416 e. The van der Waals surface area contributed by atoms with Crippen molar-refractivity contribution in [1.29, 1.82) is 0 Å². The zero-order valence-electron chi connectivity index (χ0n) is 17.6. The first-order valence-electron chi connectivity index (χ1n) is 10.0. The molecule has 1 heterocycles. The van der Waals surface area contributed by atoms with E-state index in [9.17, 15) is 32.9 Å². The van der Waals surface area contributed by atoms with Crippen LogP contribution in [0.3, 0.4) is 0 Å². The number of carbonyl (C=O) groups excluding carboxylic acids is 2. The fourth-order valence-electron chi connectivity index (χ4n) is 3.01. The van der Waals surface area contributed by atoms with Crippen molar-refractivity contribution in [3.8, 4) is 11.5 Å². The number of esters is 1. The summed E-state index contributed by atoms with van der Waals surface area (Å²) >= 11 is 0. The van der Waals surface area contributed by atoms with Crippen molar-refractivity contribution in [3.63, 3.8) is 0 Å². The highest BCUT2D eigenvalue weighted by molar-refractivity contribution is 5.82. The lowest BCUT2D eigenvalue weighted by Crippen LogP contribution is -2.31. The van der Waals surface area contributed by atoms with Gasteiger partial charge >= 0.3 is 12.1 Å². The molecule has 34 heavy (non-hydrogen) atoms. The first kappa shape index (κ1) is 24.6. The van der Waals surface area contributed by atoms with Gasteiger partial charge in [0.25, 0.3) is 11.6 Å². The number of halogens is 3. The summed E-state index contributed by atoms with van der Waals surface area (Å²) in [5, 5.41) is 16.0. The number of nitrogens with one attached hydrogen (secondary N) is 2. The molecule has 2 aromatic carbocycles. The molecule has 1 amide bonds. The normalized spacial score (nSPS) is 12.6. The maximum absolute atomic E-state index is 12.7. The van der Waals surface area contributed by atoms with Gasteiger partial charge in [0, 0.05) is 12.6 Å². The van der Waals surface area contributed by atoms with Crippen LogP contribution in [0.4, 0.5) is 24.5 Å². The zero-order chi connectivity index (χ0) is 24.7. The molecule has 2 N–H and O–H groups in total. The third kappa shape index (κ3) is 6.73. The molecule has 0 atom stereocenters. The molecule has 3 rings (SSSR count). The van der Waals surface area contributed by atoms with Gasteiger partial charge in [-0.1, -0.05) is 6.07 Å². The molecule has 0 aromatic heterocycles. The number of rotatable bonds is 9. The number of nitro groups is 1. The van der Waals surface area contributed by atoms with Gasteiger partial charge in [-0.15, -0.1) is 0 Å². The Bertz CT molecular complexity index is 1080. The van der Waals surface area contributed by atoms with E-state index in [0.29, 0.717) is 43.3 Å². The number of hydrogen-bond acceptors (Lipinski definition) is 8. The Balaban J connectivity index is 1.41. The van der Waals surface area contributed by atoms with Crippen LogP contribution < -0.4 is 20.1 Å². The third-order valence-corrected chi connectivity index (χ3v) is 4.65. The Morgan fingerprint density at radius 2 is 1.82 bits per heavy atom. The number of alkyl halides is 3. The minimum atomic E-state index is -4.75. The Morgan fingerprint density at radius 3 is 2.53 bits per heavy atom. The van der Waals surface area contributed by atoms with E-state index in [1.165, 1.54) is 0 Å². The number of benzene rings is 2. The highest BCUT2D eigenvalue weighted by atomic mass is 19.4. The predicted molar refractivity (Wildman–Crippen MR) is 112 cm³/mol. The molecule has 0 fully saturated rings. The van der Waals surface area contributed by atoms with E-state index in [-0.39, 0.29) is 12.2 Å². The van der Waals surface area contributed by atoms with Crippen molar-refractivity contribution in [2.45, 2.75) is 12.6 Å². The molecule has 10 nitrogen and oxygen atoms in total. The van der Waals surface area contributed by atoms with Gasteiger partial charge in [0.1, 0.15) is 25.4 Å². The van der Waals surface area contributed by atoms with Crippen LogP contribution >= 0.6 is 0 Å². The monoisotopic (exact) mass is 483 g/mol. The van der Waals surface area contributed by atoms with Crippen LogP contribution in [0.5, 0.6) is 11.5 Å². The van der Waals surface area contributed by atoms with Crippen LogP contribution in [0.2, 0.25) is 0 Å². The average molecular weight is 483 g/mol. The lowest BCUT2D eigenvalue weighted by molar-refractivity contribution is -0.384. The summed E-state index contributed by atoms with van der Waals surface area (Å²) in [6.07, 6.45) is -4.26. The molecule has 13 heteroatoms. The van der Waals surface area contributed by atoms with Gasteiger partial charge in [-0.3, -0.25) is 19.7 Å². The first-order chi connectivity index (χ1) is 16.1. The molecule has 1 aliphatic heterocycles. The van der Waals surface area contributed by atoms with E-state index >= 15 is 0 Å². The number of anilines is 1. The summed E-state index contributed by atoms with van der Waals surface area (Å²) in [5.41, 5.74) is -1.43. The smallest absolute Gasteiger partial charge is 0.416 e. The molecule has 0 bridgehead atoms. The van der Waals surface area contributed by atoms with Gasteiger partial charge < -0.3 is 24.8 Å². The minimum Gasteiger partial charge on any atom is -0.486 e. The number of fused-ring (bicyclic) bond motifs is 1. The quantitative estimate of drug-likeness (QED) is 0.317. The fraction of sp³-hybridized carbons (Fsp3) is 0.333. The van der Waals surface area contributed by atoms with Crippen LogP contribution in [-0.2, 0) is 26.9 Å². The SMILES string of the molecule is O=C(COC(=O)CNc1ccc(C(F)(F)F)cc1[N+](=O)[O-])NCCc1ccc2c(c1)OCCO2. The molecule has 0 spiro atoms. The van der Waals surface area contributed by atoms with Crippen molar-refractivity contribution in [2.24, 2.45) is 0 Å². The standard InChI is InChI=1S/C21H20F3N3O7/c22-21(23,24)14-2-3-15(16(10-14)27(30)31)26-11-20(29)34-12-19(28)25-6-5-13-1-4-17-18(9-13)33-8-7-32-17/h1-4,9-10,26H,5-8,11-12H2,(H,25,28). The Labute approximate surface area is 191 Å². The van der Waals surface area contributed by atoms with Crippen molar-refractivity contribution in [1.82, 2.24) is 5.32 Å². The molecule has 0 saturated carbocycles. The van der Waals surface area contributed by atoms with Gasteiger partial charge in [0.15, 0.2) is 18.1 Å². The molecule has 0 radical (unpaired) electrons. The predicted octanol–water partition coefficient (Wildman–Crippen LogP) is 2.70. The molecule has 182 valence electrons. The van der Waals surface area contributed by atoms with E-state index in [1.807, 2.05) is 12.1 Å². The van der Waals surface area contributed by atoms with Crippen molar-refractivity contribution >= 4 is 23.3 Å². The van der Waals surface area contributed by atoms with Crippen LogP contribution in [0.15, 0.2) is 36.4 Å². The summed E-state index contributed by atoms with van der Waals surface area (Å²) in [5.74, 6) is -0.200. The summed E-state index contributed by atoms with van der Waals surface area (Å²) < 4.78 is 53.9. The van der Waals surface area contributed by atoms with Crippen LogP contribution in [0.25, 0.3) is 0 Å². The topological polar surface area (TPSA) is 129 Å². The average Bonchev–Trinajstić information content (AvgIpc) is 2.80. The van der Waals surface area contributed by atoms with Crippen molar-refractivity contribution < 1.29 is 41.9 Å². The van der Waals surface area contributed by atoms with E-state index in [4.69, 9.17) is 14.2 Å². The third-order valence-electron chi connectivity index (χ3n) is 4.65. The highest BCUT2D eigenvalue weighted by Crippen LogP contribution is 2.35. The molecule has 1 aliphatic rings. The second-order valence-electron chi connectivity index (χ2n) is 7.08. The van der Waals surface area contributed by atoms with Gasteiger partial charge in [-0.25, -0.2) is 0 Å². The van der Waals surface area contributed by atoms with Gasteiger partial charge in [0.05, 0.1) is 10.5 Å². The summed E-state index contributed by atoms with van der Waals surface area (Å²) in [6.45, 7) is 0.0387. The molecule has 0 saturated heterocycles. The Kier molecular flexibility index (Phi) is 7.76. The van der Waals surface area contributed by atoms with Crippen LogP contribution in [0, 0.1) is 10.1 Å². The Morgan fingerprint density at radius 1 is 1.09 bits per heavy atom. The maximum atomic E-state index is 12.7. The van der Waals surface area contributed by atoms with E-state index in [1.54, 1.807) is 6.07 Å². The number of amides is 1. The lowest BCUT2D eigenvalue weighted by atomic mass is 10.1. The minimum absolute atomic E-state index is 0.270. The molecule has 2 aromatic rings.